The van der Waals surface area contributed by atoms with E-state index in [1.165, 1.54) is 0 Å². The third-order valence-electron chi connectivity index (χ3n) is 2.74. The quantitative estimate of drug-likeness (QED) is 0.893. The Hall–Kier alpha value is -1.88. The molecule has 5 heteroatoms. The fraction of sp³-hybridized carbons (Fsp3) is 0.200. The number of anilines is 2. The number of amides is 1. The average molecular weight is 334 g/mol. The van der Waals surface area contributed by atoms with Crippen LogP contribution in [0.25, 0.3) is 0 Å². The van der Waals surface area contributed by atoms with Crippen molar-refractivity contribution in [3.8, 4) is 0 Å². The Labute approximate surface area is 126 Å². The molecule has 0 atom stereocenters. The molecule has 0 bridgehead atoms. The van der Waals surface area contributed by atoms with Gasteiger partial charge in [-0.05, 0) is 59.6 Å². The summed E-state index contributed by atoms with van der Waals surface area (Å²) in [4.78, 5) is 16.3. The molecule has 0 saturated carbocycles. The van der Waals surface area contributed by atoms with Crippen LogP contribution in [0.5, 0.6) is 0 Å². The van der Waals surface area contributed by atoms with Crippen LogP contribution in [0, 0.1) is 6.92 Å². The van der Waals surface area contributed by atoms with Crippen LogP contribution in [0.3, 0.4) is 0 Å². The molecule has 20 heavy (non-hydrogen) atoms. The SMILES string of the molecule is CCNc1ccnc(C(=O)Nc2cc(C)ccc2Br)c1. The summed E-state index contributed by atoms with van der Waals surface area (Å²) < 4.78 is 0.847. The first-order valence-corrected chi connectivity index (χ1v) is 7.17. The summed E-state index contributed by atoms with van der Waals surface area (Å²) in [6.07, 6.45) is 1.62. The highest BCUT2D eigenvalue weighted by Gasteiger charge is 2.10. The molecule has 2 N–H and O–H groups in total. The number of aromatic nitrogens is 1. The lowest BCUT2D eigenvalue weighted by molar-refractivity contribution is 0.102. The molecule has 0 unspecified atom stereocenters. The predicted octanol–water partition coefficient (Wildman–Crippen LogP) is 3.84. The number of nitrogens with zero attached hydrogens (tertiary/aromatic N) is 1. The molecule has 1 aromatic heterocycles. The van der Waals surface area contributed by atoms with Crippen LogP contribution in [0.2, 0.25) is 0 Å². The molecular formula is C15H16BrN3O. The van der Waals surface area contributed by atoms with E-state index in [9.17, 15) is 4.79 Å². The lowest BCUT2D eigenvalue weighted by Crippen LogP contribution is -2.14. The first-order valence-electron chi connectivity index (χ1n) is 6.37. The lowest BCUT2D eigenvalue weighted by Gasteiger charge is -2.09. The van der Waals surface area contributed by atoms with Crippen LogP contribution in [-0.4, -0.2) is 17.4 Å². The minimum Gasteiger partial charge on any atom is -0.385 e. The Morgan fingerprint density at radius 2 is 2.10 bits per heavy atom. The zero-order chi connectivity index (χ0) is 14.5. The number of nitrogens with one attached hydrogen (secondary N) is 2. The maximum absolute atomic E-state index is 12.2. The molecule has 2 aromatic rings. The van der Waals surface area contributed by atoms with Gasteiger partial charge in [0, 0.05) is 22.9 Å². The van der Waals surface area contributed by atoms with Crippen LogP contribution >= 0.6 is 15.9 Å². The van der Waals surface area contributed by atoms with Crippen LogP contribution in [0.15, 0.2) is 41.0 Å². The molecule has 1 aromatic carbocycles. The normalized spacial score (nSPS) is 10.2. The fourth-order valence-electron chi connectivity index (χ4n) is 1.79. The second-order valence-electron chi connectivity index (χ2n) is 4.40. The van der Waals surface area contributed by atoms with E-state index in [-0.39, 0.29) is 5.91 Å². The van der Waals surface area contributed by atoms with Gasteiger partial charge in [0.25, 0.3) is 5.91 Å². The third-order valence-corrected chi connectivity index (χ3v) is 3.44. The number of hydrogen-bond donors (Lipinski definition) is 2. The van der Waals surface area contributed by atoms with E-state index in [1.807, 2.05) is 38.1 Å². The number of halogens is 1. The summed E-state index contributed by atoms with van der Waals surface area (Å²) in [5.74, 6) is -0.226. The third kappa shape index (κ3) is 3.57. The summed E-state index contributed by atoms with van der Waals surface area (Å²) in [5, 5.41) is 6.02. The van der Waals surface area contributed by atoms with Crippen molar-refractivity contribution >= 4 is 33.2 Å². The van der Waals surface area contributed by atoms with Gasteiger partial charge in [0.2, 0.25) is 0 Å². The molecule has 1 amide bonds. The first-order chi connectivity index (χ1) is 9.60. The molecule has 0 spiro atoms. The Morgan fingerprint density at radius 3 is 2.85 bits per heavy atom. The Bertz CT molecular complexity index is 628. The van der Waals surface area contributed by atoms with E-state index in [1.54, 1.807) is 12.3 Å². The van der Waals surface area contributed by atoms with Gasteiger partial charge in [-0.25, -0.2) is 0 Å². The van der Waals surface area contributed by atoms with Crippen molar-refractivity contribution in [2.75, 3.05) is 17.2 Å². The molecule has 0 saturated heterocycles. The van der Waals surface area contributed by atoms with E-state index >= 15 is 0 Å². The summed E-state index contributed by atoms with van der Waals surface area (Å²) in [7, 11) is 0. The Balaban J connectivity index is 2.19. The van der Waals surface area contributed by atoms with Gasteiger partial charge in [-0.1, -0.05) is 6.07 Å². The fourth-order valence-corrected chi connectivity index (χ4v) is 2.14. The number of carbonyl (C=O) groups excluding carboxylic acids is 1. The van der Waals surface area contributed by atoms with Crippen molar-refractivity contribution in [2.45, 2.75) is 13.8 Å². The maximum Gasteiger partial charge on any atom is 0.274 e. The van der Waals surface area contributed by atoms with Gasteiger partial charge in [-0.3, -0.25) is 9.78 Å². The summed E-state index contributed by atoms with van der Waals surface area (Å²) in [6, 6.07) is 9.37. The highest BCUT2D eigenvalue weighted by atomic mass is 79.9. The van der Waals surface area contributed by atoms with Crippen LogP contribution < -0.4 is 10.6 Å². The monoisotopic (exact) mass is 333 g/mol. The molecular weight excluding hydrogens is 318 g/mol. The van der Waals surface area contributed by atoms with Crippen LogP contribution in [-0.2, 0) is 0 Å². The van der Waals surface area contributed by atoms with Crippen LogP contribution in [0.4, 0.5) is 11.4 Å². The minimum atomic E-state index is -0.226. The lowest BCUT2D eigenvalue weighted by atomic mass is 10.2. The molecule has 0 radical (unpaired) electrons. The van der Waals surface area contributed by atoms with E-state index in [0.29, 0.717) is 5.69 Å². The average Bonchev–Trinajstić information content (AvgIpc) is 2.43. The van der Waals surface area contributed by atoms with Gasteiger partial charge in [-0.2, -0.15) is 0 Å². The highest BCUT2D eigenvalue weighted by Crippen LogP contribution is 2.24. The van der Waals surface area contributed by atoms with Gasteiger partial charge in [-0.15, -0.1) is 0 Å². The highest BCUT2D eigenvalue weighted by molar-refractivity contribution is 9.10. The van der Waals surface area contributed by atoms with Crippen molar-refractivity contribution in [1.82, 2.24) is 4.98 Å². The second kappa shape index (κ2) is 6.52. The molecule has 104 valence electrons. The standard InChI is InChI=1S/C15H16BrN3O/c1-3-17-11-6-7-18-14(9-11)15(20)19-13-8-10(2)4-5-12(13)16/h4-9H,3H2,1-2H3,(H,17,18)(H,19,20). The molecule has 1 heterocycles. The topological polar surface area (TPSA) is 54.0 Å². The van der Waals surface area contributed by atoms with Gasteiger partial charge in [0.1, 0.15) is 5.69 Å². The molecule has 0 aliphatic rings. The summed E-state index contributed by atoms with van der Waals surface area (Å²) in [6.45, 7) is 4.78. The Kier molecular flexibility index (Phi) is 4.74. The van der Waals surface area contributed by atoms with Crippen molar-refractivity contribution < 1.29 is 4.79 Å². The number of benzene rings is 1. The molecule has 0 aliphatic heterocycles. The first kappa shape index (κ1) is 14.5. The van der Waals surface area contributed by atoms with Crippen LogP contribution in [0.1, 0.15) is 23.0 Å². The molecule has 4 nitrogen and oxygen atoms in total. The number of aryl methyl sites for hydroxylation is 1. The molecule has 0 fully saturated rings. The van der Waals surface area contributed by atoms with Gasteiger partial charge in [0.05, 0.1) is 5.69 Å². The van der Waals surface area contributed by atoms with E-state index in [2.05, 4.69) is 31.5 Å². The summed E-state index contributed by atoms with van der Waals surface area (Å²) >= 11 is 3.42. The predicted molar refractivity (Wildman–Crippen MR) is 85.2 cm³/mol. The zero-order valence-electron chi connectivity index (χ0n) is 11.4. The van der Waals surface area contributed by atoms with Gasteiger partial charge >= 0.3 is 0 Å². The number of rotatable bonds is 4. The minimum absolute atomic E-state index is 0.226. The van der Waals surface area contributed by atoms with Gasteiger partial charge < -0.3 is 10.6 Å². The Morgan fingerprint density at radius 1 is 1.30 bits per heavy atom. The van der Waals surface area contributed by atoms with E-state index < -0.39 is 0 Å². The van der Waals surface area contributed by atoms with Crippen molar-refractivity contribution in [2.24, 2.45) is 0 Å². The van der Waals surface area contributed by atoms with Crippen molar-refractivity contribution in [3.63, 3.8) is 0 Å². The van der Waals surface area contributed by atoms with E-state index in [0.717, 1.165) is 28.0 Å². The van der Waals surface area contributed by atoms with Crippen molar-refractivity contribution in [1.29, 1.82) is 0 Å². The maximum atomic E-state index is 12.2. The van der Waals surface area contributed by atoms with Gasteiger partial charge in [0.15, 0.2) is 0 Å². The zero-order valence-corrected chi connectivity index (χ0v) is 13.0. The largest absolute Gasteiger partial charge is 0.385 e. The number of pyridine rings is 1. The molecule has 2 rings (SSSR count). The molecule has 0 aliphatic carbocycles. The summed E-state index contributed by atoms with van der Waals surface area (Å²) in [5.41, 5.74) is 3.09. The van der Waals surface area contributed by atoms with E-state index in [4.69, 9.17) is 0 Å². The second-order valence-corrected chi connectivity index (χ2v) is 5.25. The smallest absolute Gasteiger partial charge is 0.274 e. The van der Waals surface area contributed by atoms with Crippen molar-refractivity contribution in [3.05, 3.63) is 52.3 Å². The number of carbonyl (C=O) groups is 1. The number of hydrogen-bond acceptors (Lipinski definition) is 3.